The molecule has 5 heteroatoms. The van der Waals surface area contributed by atoms with Crippen LogP contribution in [-0.2, 0) is 6.54 Å². The molecule has 3 rings (SSSR count). The molecular formula is C11H11FN4. The Morgan fingerprint density at radius 2 is 2.31 bits per heavy atom. The SMILES string of the molecule is Fc1ccc(C2CCn3ccnc3N2)nc1. The summed E-state index contributed by atoms with van der Waals surface area (Å²) in [5.74, 6) is 0.545. The fourth-order valence-electron chi connectivity index (χ4n) is 1.94. The van der Waals surface area contributed by atoms with Gasteiger partial charge in [0.2, 0.25) is 5.95 Å². The highest BCUT2D eigenvalue weighted by molar-refractivity contribution is 5.32. The topological polar surface area (TPSA) is 42.7 Å². The molecule has 0 radical (unpaired) electrons. The summed E-state index contributed by atoms with van der Waals surface area (Å²) < 4.78 is 14.8. The van der Waals surface area contributed by atoms with E-state index in [-0.39, 0.29) is 11.9 Å². The molecule has 1 unspecified atom stereocenters. The van der Waals surface area contributed by atoms with Gasteiger partial charge in [-0.3, -0.25) is 4.98 Å². The molecule has 4 nitrogen and oxygen atoms in total. The fraction of sp³-hybridized carbons (Fsp3) is 0.273. The Bertz CT molecular complexity index is 491. The molecule has 3 heterocycles. The van der Waals surface area contributed by atoms with E-state index in [1.165, 1.54) is 12.3 Å². The van der Waals surface area contributed by atoms with E-state index in [2.05, 4.69) is 19.9 Å². The zero-order valence-electron chi connectivity index (χ0n) is 8.60. The summed E-state index contributed by atoms with van der Waals surface area (Å²) in [6, 6.07) is 3.27. The highest BCUT2D eigenvalue weighted by Gasteiger charge is 2.20. The number of anilines is 1. The van der Waals surface area contributed by atoms with E-state index in [1.807, 2.05) is 6.20 Å². The van der Waals surface area contributed by atoms with Crippen LogP contribution in [0.4, 0.5) is 10.3 Å². The number of hydrogen-bond donors (Lipinski definition) is 1. The van der Waals surface area contributed by atoms with E-state index >= 15 is 0 Å². The molecule has 82 valence electrons. The van der Waals surface area contributed by atoms with Crippen molar-refractivity contribution in [2.75, 3.05) is 5.32 Å². The summed E-state index contributed by atoms with van der Waals surface area (Å²) in [6.45, 7) is 0.909. The van der Waals surface area contributed by atoms with Gasteiger partial charge in [-0.15, -0.1) is 0 Å². The first kappa shape index (κ1) is 9.33. The van der Waals surface area contributed by atoms with Crippen molar-refractivity contribution in [2.45, 2.75) is 19.0 Å². The average Bonchev–Trinajstić information content (AvgIpc) is 2.77. The Hall–Kier alpha value is -1.91. The van der Waals surface area contributed by atoms with E-state index in [0.717, 1.165) is 24.6 Å². The van der Waals surface area contributed by atoms with Crippen molar-refractivity contribution in [1.82, 2.24) is 14.5 Å². The molecule has 0 aromatic carbocycles. The van der Waals surface area contributed by atoms with Crippen molar-refractivity contribution in [2.24, 2.45) is 0 Å². The molecular weight excluding hydrogens is 207 g/mol. The van der Waals surface area contributed by atoms with Crippen LogP contribution >= 0.6 is 0 Å². The summed E-state index contributed by atoms with van der Waals surface area (Å²) in [5, 5.41) is 3.28. The molecule has 2 aromatic heterocycles. The van der Waals surface area contributed by atoms with Gasteiger partial charge in [-0.05, 0) is 18.6 Å². The molecule has 0 saturated heterocycles. The first-order valence-electron chi connectivity index (χ1n) is 5.22. The average molecular weight is 218 g/mol. The normalized spacial score (nSPS) is 18.9. The van der Waals surface area contributed by atoms with Crippen LogP contribution in [0.25, 0.3) is 0 Å². The first-order chi connectivity index (χ1) is 7.83. The Morgan fingerprint density at radius 3 is 3.12 bits per heavy atom. The van der Waals surface area contributed by atoms with Crippen LogP contribution in [-0.4, -0.2) is 14.5 Å². The third-order valence-electron chi connectivity index (χ3n) is 2.78. The third kappa shape index (κ3) is 1.54. The predicted octanol–water partition coefficient (Wildman–Crippen LogP) is 1.97. The lowest BCUT2D eigenvalue weighted by Gasteiger charge is -2.24. The minimum Gasteiger partial charge on any atom is -0.347 e. The first-order valence-corrected chi connectivity index (χ1v) is 5.22. The number of pyridine rings is 1. The lowest BCUT2D eigenvalue weighted by atomic mass is 10.1. The van der Waals surface area contributed by atoms with E-state index in [4.69, 9.17) is 0 Å². The second kappa shape index (κ2) is 3.59. The number of imidazole rings is 1. The molecule has 0 saturated carbocycles. The fourth-order valence-corrected chi connectivity index (χ4v) is 1.94. The summed E-state index contributed by atoms with van der Waals surface area (Å²) in [5.41, 5.74) is 0.857. The van der Waals surface area contributed by atoms with Gasteiger partial charge >= 0.3 is 0 Å². The van der Waals surface area contributed by atoms with E-state index in [9.17, 15) is 4.39 Å². The minimum absolute atomic E-state index is 0.121. The molecule has 0 aliphatic carbocycles. The smallest absolute Gasteiger partial charge is 0.203 e. The monoisotopic (exact) mass is 218 g/mol. The van der Waals surface area contributed by atoms with Crippen molar-refractivity contribution in [1.29, 1.82) is 0 Å². The van der Waals surface area contributed by atoms with Crippen LogP contribution < -0.4 is 5.32 Å². The molecule has 0 amide bonds. The highest BCUT2D eigenvalue weighted by atomic mass is 19.1. The molecule has 1 aliphatic rings. The summed E-state index contributed by atoms with van der Waals surface area (Å²) in [6.07, 6.45) is 5.89. The van der Waals surface area contributed by atoms with Crippen molar-refractivity contribution in [3.63, 3.8) is 0 Å². The van der Waals surface area contributed by atoms with E-state index < -0.39 is 0 Å². The van der Waals surface area contributed by atoms with E-state index in [0.29, 0.717) is 0 Å². The van der Waals surface area contributed by atoms with Gasteiger partial charge in [-0.2, -0.15) is 0 Å². The number of fused-ring (bicyclic) bond motifs is 1. The molecule has 0 spiro atoms. The van der Waals surface area contributed by atoms with Crippen LogP contribution in [0.3, 0.4) is 0 Å². The van der Waals surface area contributed by atoms with Gasteiger partial charge in [-0.25, -0.2) is 9.37 Å². The lowest BCUT2D eigenvalue weighted by molar-refractivity contribution is 0.531. The quantitative estimate of drug-likeness (QED) is 0.795. The lowest BCUT2D eigenvalue weighted by Crippen LogP contribution is -2.22. The van der Waals surface area contributed by atoms with Crippen molar-refractivity contribution < 1.29 is 4.39 Å². The third-order valence-corrected chi connectivity index (χ3v) is 2.78. The van der Waals surface area contributed by atoms with Gasteiger partial charge in [0.15, 0.2) is 0 Å². The Morgan fingerprint density at radius 1 is 1.38 bits per heavy atom. The number of rotatable bonds is 1. The molecule has 1 atom stereocenters. The van der Waals surface area contributed by atoms with Gasteiger partial charge in [0.25, 0.3) is 0 Å². The number of hydrogen-bond acceptors (Lipinski definition) is 3. The number of halogens is 1. The number of nitrogens with zero attached hydrogens (tertiary/aromatic N) is 3. The number of nitrogens with one attached hydrogen (secondary N) is 1. The molecule has 1 aliphatic heterocycles. The summed E-state index contributed by atoms with van der Waals surface area (Å²) >= 11 is 0. The second-order valence-electron chi connectivity index (χ2n) is 3.83. The number of aromatic nitrogens is 3. The van der Waals surface area contributed by atoms with Crippen LogP contribution in [0.1, 0.15) is 18.2 Å². The zero-order valence-corrected chi connectivity index (χ0v) is 8.60. The van der Waals surface area contributed by atoms with Crippen LogP contribution in [0.15, 0.2) is 30.7 Å². The Kier molecular flexibility index (Phi) is 2.09. The van der Waals surface area contributed by atoms with Crippen LogP contribution in [0.2, 0.25) is 0 Å². The van der Waals surface area contributed by atoms with Gasteiger partial charge in [-0.1, -0.05) is 0 Å². The maximum absolute atomic E-state index is 12.7. The molecule has 0 fully saturated rings. The standard InChI is InChI=1S/C11H11FN4/c12-8-1-2-9(14-7-8)10-3-5-16-6-4-13-11(16)15-10/h1-2,4,6-7,10H,3,5H2,(H,13,15). The van der Waals surface area contributed by atoms with Gasteiger partial charge in [0.05, 0.1) is 17.9 Å². The van der Waals surface area contributed by atoms with E-state index in [1.54, 1.807) is 12.3 Å². The van der Waals surface area contributed by atoms with Crippen molar-refractivity contribution >= 4 is 5.95 Å². The molecule has 2 aromatic rings. The van der Waals surface area contributed by atoms with Gasteiger partial charge in [0, 0.05) is 18.9 Å². The Balaban J connectivity index is 1.86. The summed E-state index contributed by atoms with van der Waals surface area (Å²) in [7, 11) is 0. The molecule has 1 N–H and O–H groups in total. The van der Waals surface area contributed by atoms with Gasteiger partial charge in [0.1, 0.15) is 5.82 Å². The van der Waals surface area contributed by atoms with Crippen molar-refractivity contribution in [3.05, 3.63) is 42.2 Å². The largest absolute Gasteiger partial charge is 0.347 e. The van der Waals surface area contributed by atoms with Gasteiger partial charge < -0.3 is 9.88 Å². The summed E-state index contributed by atoms with van der Waals surface area (Å²) in [4.78, 5) is 8.28. The Labute approximate surface area is 92.2 Å². The van der Waals surface area contributed by atoms with Crippen LogP contribution in [0.5, 0.6) is 0 Å². The van der Waals surface area contributed by atoms with Crippen molar-refractivity contribution in [3.8, 4) is 0 Å². The minimum atomic E-state index is -0.305. The molecule has 0 bridgehead atoms. The maximum Gasteiger partial charge on any atom is 0.203 e. The van der Waals surface area contributed by atoms with Crippen LogP contribution in [0, 0.1) is 5.82 Å². The predicted molar refractivity (Wildman–Crippen MR) is 57.4 cm³/mol. The number of aryl methyl sites for hydroxylation is 1. The maximum atomic E-state index is 12.7. The zero-order chi connectivity index (χ0) is 11.0. The molecule has 16 heavy (non-hydrogen) atoms. The highest BCUT2D eigenvalue weighted by Crippen LogP contribution is 2.25. The second-order valence-corrected chi connectivity index (χ2v) is 3.83.